The van der Waals surface area contributed by atoms with E-state index in [0.717, 1.165) is 11.1 Å². The molecule has 0 saturated heterocycles. The number of ether oxygens (including phenoxy) is 1. The highest BCUT2D eigenvalue weighted by Gasteiger charge is 2.14. The van der Waals surface area contributed by atoms with Crippen LogP contribution >= 0.6 is 34.8 Å². The highest BCUT2D eigenvalue weighted by Crippen LogP contribution is 2.37. The molecule has 7 heteroatoms. The first-order chi connectivity index (χ1) is 10.4. The quantitative estimate of drug-likeness (QED) is 0.734. The lowest BCUT2D eigenvalue weighted by atomic mass is 10.1. The third-order valence-electron chi connectivity index (χ3n) is 2.92. The molecular weight excluding hydrogens is 345 g/mol. The van der Waals surface area contributed by atoms with Gasteiger partial charge in [-0.2, -0.15) is 5.26 Å². The van der Waals surface area contributed by atoms with Crippen molar-refractivity contribution in [1.82, 2.24) is 10.2 Å². The van der Waals surface area contributed by atoms with Gasteiger partial charge in [0.1, 0.15) is 0 Å². The van der Waals surface area contributed by atoms with Crippen LogP contribution in [0.25, 0.3) is 0 Å². The standard InChI is InChI=1S/C15H12Cl3N3O/c1-8(2)10-7-13(20-21-15(10)18)22-14-11(16)5-9(3-4-19)6-12(14)17/h5-8H,3H2,1-2H3. The monoisotopic (exact) mass is 355 g/mol. The number of halogens is 3. The lowest BCUT2D eigenvalue weighted by Crippen LogP contribution is -1.98. The number of hydrogen-bond acceptors (Lipinski definition) is 4. The molecule has 114 valence electrons. The molecule has 0 amide bonds. The zero-order chi connectivity index (χ0) is 16.3. The molecule has 1 heterocycles. The molecule has 22 heavy (non-hydrogen) atoms. The first kappa shape index (κ1) is 16.8. The van der Waals surface area contributed by atoms with Crippen LogP contribution in [0, 0.1) is 11.3 Å². The number of rotatable bonds is 4. The lowest BCUT2D eigenvalue weighted by Gasteiger charge is -2.12. The summed E-state index contributed by atoms with van der Waals surface area (Å²) in [5.41, 5.74) is 1.54. The van der Waals surface area contributed by atoms with Crippen LogP contribution in [0.1, 0.15) is 30.9 Å². The number of nitriles is 1. The van der Waals surface area contributed by atoms with Gasteiger partial charge in [0, 0.05) is 6.07 Å². The first-order valence-electron chi connectivity index (χ1n) is 6.48. The van der Waals surface area contributed by atoms with Crippen LogP contribution in [0.15, 0.2) is 18.2 Å². The predicted molar refractivity (Wildman–Crippen MR) is 87.0 cm³/mol. The molecule has 0 atom stereocenters. The second kappa shape index (κ2) is 7.15. The van der Waals surface area contributed by atoms with E-state index in [0.29, 0.717) is 15.2 Å². The molecule has 4 nitrogen and oxygen atoms in total. The summed E-state index contributed by atoms with van der Waals surface area (Å²) < 4.78 is 5.64. The second-order valence-electron chi connectivity index (χ2n) is 4.91. The Hall–Kier alpha value is -1.54. The van der Waals surface area contributed by atoms with Gasteiger partial charge in [0.05, 0.1) is 22.5 Å². The molecule has 0 radical (unpaired) electrons. The minimum Gasteiger partial charge on any atom is -0.434 e. The van der Waals surface area contributed by atoms with Crippen molar-refractivity contribution in [3.8, 4) is 17.7 Å². The average Bonchev–Trinajstić information content (AvgIpc) is 2.44. The zero-order valence-corrected chi connectivity index (χ0v) is 14.2. The molecule has 0 bridgehead atoms. The Morgan fingerprint density at radius 2 is 1.77 bits per heavy atom. The molecular formula is C15H12Cl3N3O. The van der Waals surface area contributed by atoms with Crippen molar-refractivity contribution in [2.24, 2.45) is 0 Å². The molecule has 0 aliphatic rings. The number of nitrogens with zero attached hydrogens (tertiary/aromatic N) is 3. The van der Waals surface area contributed by atoms with Crippen LogP contribution in [-0.4, -0.2) is 10.2 Å². The normalized spacial score (nSPS) is 10.6. The molecule has 0 fully saturated rings. The van der Waals surface area contributed by atoms with E-state index in [4.69, 9.17) is 44.8 Å². The zero-order valence-electron chi connectivity index (χ0n) is 11.9. The highest BCUT2D eigenvalue weighted by atomic mass is 35.5. The maximum atomic E-state index is 8.72. The maximum Gasteiger partial charge on any atom is 0.239 e. The van der Waals surface area contributed by atoms with Gasteiger partial charge in [0.25, 0.3) is 0 Å². The number of hydrogen-bond donors (Lipinski definition) is 0. The van der Waals surface area contributed by atoms with Gasteiger partial charge in [-0.15, -0.1) is 10.2 Å². The Labute approximate surface area is 143 Å². The molecule has 1 aromatic heterocycles. The van der Waals surface area contributed by atoms with Gasteiger partial charge in [-0.3, -0.25) is 0 Å². The number of aromatic nitrogens is 2. The minimum absolute atomic E-state index is 0.175. The van der Waals surface area contributed by atoms with E-state index < -0.39 is 0 Å². The highest BCUT2D eigenvalue weighted by molar-refractivity contribution is 6.37. The summed E-state index contributed by atoms with van der Waals surface area (Å²) in [5, 5.41) is 17.4. The maximum absolute atomic E-state index is 8.72. The lowest BCUT2D eigenvalue weighted by molar-refractivity contribution is 0.454. The molecule has 2 aromatic rings. The van der Waals surface area contributed by atoms with E-state index in [1.165, 1.54) is 0 Å². The van der Waals surface area contributed by atoms with Crippen molar-refractivity contribution >= 4 is 34.8 Å². The van der Waals surface area contributed by atoms with Crippen molar-refractivity contribution in [2.75, 3.05) is 0 Å². The smallest absolute Gasteiger partial charge is 0.239 e. The van der Waals surface area contributed by atoms with Crippen LogP contribution in [-0.2, 0) is 6.42 Å². The number of benzene rings is 1. The van der Waals surface area contributed by atoms with Gasteiger partial charge >= 0.3 is 0 Å². The SMILES string of the molecule is CC(C)c1cc(Oc2c(Cl)cc(CC#N)cc2Cl)nnc1Cl. The van der Waals surface area contributed by atoms with Gasteiger partial charge in [-0.25, -0.2) is 0 Å². The van der Waals surface area contributed by atoms with E-state index in [9.17, 15) is 0 Å². The fourth-order valence-corrected chi connectivity index (χ4v) is 2.75. The molecule has 0 aliphatic heterocycles. The summed E-state index contributed by atoms with van der Waals surface area (Å²) in [7, 11) is 0. The fraction of sp³-hybridized carbons (Fsp3) is 0.267. The summed E-state index contributed by atoms with van der Waals surface area (Å²) in [6, 6.07) is 7.02. The van der Waals surface area contributed by atoms with E-state index >= 15 is 0 Å². The van der Waals surface area contributed by atoms with Crippen molar-refractivity contribution < 1.29 is 4.74 Å². The van der Waals surface area contributed by atoms with Crippen LogP contribution < -0.4 is 4.74 Å². The van der Waals surface area contributed by atoms with E-state index in [-0.39, 0.29) is 24.0 Å². The third kappa shape index (κ3) is 3.80. The molecule has 0 N–H and O–H groups in total. The molecule has 0 saturated carbocycles. The van der Waals surface area contributed by atoms with Crippen molar-refractivity contribution in [1.29, 1.82) is 5.26 Å². The first-order valence-corrected chi connectivity index (χ1v) is 7.61. The minimum atomic E-state index is 0.175. The molecule has 1 aromatic carbocycles. The molecule has 0 spiro atoms. The Balaban J connectivity index is 2.35. The van der Waals surface area contributed by atoms with Crippen molar-refractivity contribution in [2.45, 2.75) is 26.2 Å². The van der Waals surface area contributed by atoms with E-state index in [2.05, 4.69) is 10.2 Å². The van der Waals surface area contributed by atoms with Crippen molar-refractivity contribution in [3.05, 3.63) is 44.5 Å². The van der Waals surface area contributed by atoms with Crippen LogP contribution in [0.4, 0.5) is 0 Å². The van der Waals surface area contributed by atoms with Crippen LogP contribution in [0.5, 0.6) is 11.6 Å². The van der Waals surface area contributed by atoms with Gasteiger partial charge in [-0.1, -0.05) is 48.7 Å². The summed E-state index contributed by atoms with van der Waals surface area (Å²) in [5.74, 6) is 0.704. The van der Waals surface area contributed by atoms with E-state index in [1.54, 1.807) is 18.2 Å². The Morgan fingerprint density at radius 1 is 1.14 bits per heavy atom. The Morgan fingerprint density at radius 3 is 2.32 bits per heavy atom. The Bertz CT molecular complexity index is 718. The van der Waals surface area contributed by atoms with E-state index in [1.807, 2.05) is 19.9 Å². The third-order valence-corrected chi connectivity index (χ3v) is 3.78. The summed E-state index contributed by atoms with van der Waals surface area (Å²) in [6.07, 6.45) is 0.220. The summed E-state index contributed by atoms with van der Waals surface area (Å²) >= 11 is 18.3. The second-order valence-corrected chi connectivity index (χ2v) is 6.08. The Kier molecular flexibility index (Phi) is 5.47. The van der Waals surface area contributed by atoms with Crippen LogP contribution in [0.2, 0.25) is 15.2 Å². The molecule has 0 unspecified atom stereocenters. The largest absolute Gasteiger partial charge is 0.434 e. The van der Waals surface area contributed by atoms with Gasteiger partial charge in [-0.05, 0) is 29.2 Å². The fourth-order valence-electron chi connectivity index (χ4n) is 1.83. The van der Waals surface area contributed by atoms with Gasteiger partial charge in [0.2, 0.25) is 5.88 Å². The topological polar surface area (TPSA) is 58.8 Å². The summed E-state index contributed by atoms with van der Waals surface area (Å²) in [6.45, 7) is 3.98. The average molecular weight is 357 g/mol. The predicted octanol–water partition coefficient (Wildman–Crippen LogP) is 5.42. The van der Waals surface area contributed by atoms with Crippen LogP contribution in [0.3, 0.4) is 0 Å². The van der Waals surface area contributed by atoms with Crippen molar-refractivity contribution in [3.63, 3.8) is 0 Å². The summed E-state index contributed by atoms with van der Waals surface area (Å²) in [4.78, 5) is 0. The molecule has 2 rings (SSSR count). The van der Waals surface area contributed by atoms with Gasteiger partial charge < -0.3 is 4.74 Å². The molecule has 0 aliphatic carbocycles. The van der Waals surface area contributed by atoms with Gasteiger partial charge in [0.15, 0.2) is 10.9 Å².